The molecular formula is C17H25N7O10S2. The maximum absolute atomic E-state index is 11.4. The van der Waals surface area contributed by atoms with Gasteiger partial charge in [0.2, 0.25) is 11.8 Å². The van der Waals surface area contributed by atoms with Gasteiger partial charge in [-0.25, -0.2) is 4.99 Å². The first-order chi connectivity index (χ1) is 16.6. The minimum Gasteiger partial charge on any atom is -0.503 e. The molecule has 36 heavy (non-hydrogen) atoms. The lowest BCUT2D eigenvalue weighted by molar-refractivity contribution is -0.218. The van der Waals surface area contributed by atoms with Crippen molar-refractivity contribution >= 4 is 46.2 Å². The number of aromatic nitrogens is 1. The fourth-order valence-electron chi connectivity index (χ4n) is 2.88. The van der Waals surface area contributed by atoms with Crippen LogP contribution in [0.4, 0.5) is 0 Å². The molecule has 1 aromatic heterocycles. The number of hydrogen-bond acceptors (Lipinski definition) is 14. The second-order valence-electron chi connectivity index (χ2n) is 7.81. The number of rotatable bonds is 8. The van der Waals surface area contributed by atoms with E-state index in [0.29, 0.717) is 27.8 Å². The van der Waals surface area contributed by atoms with Crippen LogP contribution in [0.3, 0.4) is 0 Å². The van der Waals surface area contributed by atoms with Crippen molar-refractivity contribution in [3.05, 3.63) is 28.2 Å². The maximum Gasteiger partial charge on any atom is 0.418 e. The van der Waals surface area contributed by atoms with E-state index < -0.39 is 45.2 Å². The Kier molecular flexibility index (Phi) is 8.91. The van der Waals surface area contributed by atoms with Crippen molar-refractivity contribution < 1.29 is 42.0 Å². The highest BCUT2D eigenvalue weighted by Gasteiger charge is 2.57. The number of aliphatic imine (C=N–C) groups is 1. The normalized spacial score (nSPS) is 21.8. The Labute approximate surface area is 208 Å². The molecule has 19 heteroatoms. The highest BCUT2D eigenvalue weighted by Crippen LogP contribution is 2.32. The number of nitrogens with two attached hydrogens (primary N) is 1. The number of pyridine rings is 1. The summed E-state index contributed by atoms with van der Waals surface area (Å²) in [4.78, 5) is 42.1. The van der Waals surface area contributed by atoms with Gasteiger partial charge in [0.15, 0.2) is 23.2 Å². The highest BCUT2D eigenvalue weighted by atomic mass is 32.3. The molecule has 0 bridgehead atoms. The molecule has 0 saturated carbocycles. The van der Waals surface area contributed by atoms with Gasteiger partial charge in [-0.3, -0.25) is 24.7 Å². The van der Waals surface area contributed by atoms with Crippen LogP contribution >= 0.6 is 11.9 Å². The molecular weight excluding hydrogens is 526 g/mol. The lowest BCUT2D eigenvalue weighted by Gasteiger charge is -2.50. The molecule has 0 radical (unpaired) electrons. The summed E-state index contributed by atoms with van der Waals surface area (Å²) < 4.78 is 36.7. The van der Waals surface area contributed by atoms with E-state index in [1.807, 2.05) is 0 Å². The third-order valence-corrected chi connectivity index (χ3v) is 5.76. The monoisotopic (exact) mass is 551 g/mol. The van der Waals surface area contributed by atoms with Crippen LogP contribution in [0.25, 0.3) is 0 Å². The molecule has 3 rings (SSSR count). The van der Waals surface area contributed by atoms with Gasteiger partial charge in [-0.05, 0) is 39.6 Å². The van der Waals surface area contributed by atoms with E-state index in [4.69, 9.17) is 15.1 Å². The van der Waals surface area contributed by atoms with E-state index in [9.17, 15) is 33.1 Å². The third-order valence-electron chi connectivity index (χ3n) is 4.76. The van der Waals surface area contributed by atoms with E-state index in [-0.39, 0.29) is 11.2 Å². The molecule has 17 nitrogen and oxygen atoms in total. The largest absolute Gasteiger partial charge is 0.503 e. The number of oxime groups is 1. The Morgan fingerprint density at radius 1 is 1.44 bits per heavy atom. The topological polar surface area (TPSA) is 247 Å². The lowest BCUT2D eigenvalue weighted by atomic mass is 9.85. The first-order valence-electron chi connectivity index (χ1n) is 9.90. The maximum atomic E-state index is 11.4. The van der Waals surface area contributed by atoms with E-state index in [0.717, 1.165) is 12.3 Å². The molecule has 1 aromatic rings. The average Bonchev–Trinajstić information content (AvgIpc) is 3.22. The van der Waals surface area contributed by atoms with Gasteiger partial charge < -0.3 is 25.2 Å². The molecule has 1 fully saturated rings. The summed E-state index contributed by atoms with van der Waals surface area (Å²) >= 11 is 1.24. The van der Waals surface area contributed by atoms with E-state index in [2.05, 4.69) is 24.5 Å². The van der Waals surface area contributed by atoms with E-state index >= 15 is 0 Å². The third kappa shape index (κ3) is 6.85. The van der Waals surface area contributed by atoms with Crippen LogP contribution in [-0.2, 0) is 29.1 Å². The number of hydroxylamine groups is 2. The van der Waals surface area contributed by atoms with Crippen molar-refractivity contribution in [3.8, 4) is 5.75 Å². The Bertz CT molecular complexity index is 1230. The van der Waals surface area contributed by atoms with Crippen molar-refractivity contribution in [2.75, 3.05) is 0 Å². The van der Waals surface area contributed by atoms with Crippen molar-refractivity contribution in [1.82, 2.24) is 19.8 Å². The summed E-state index contributed by atoms with van der Waals surface area (Å²) in [5.41, 5.74) is 4.18. The van der Waals surface area contributed by atoms with Crippen LogP contribution in [0.1, 0.15) is 39.5 Å². The SMILES string of the molecule is C/C(=N\OC(C)c1cc(=O)c(O)cn1O)C1=NC(N)SN1.CC1(C)C(NC=O)C(=O)N1OS(=O)(=O)O. The number of aromatic hydroxyl groups is 1. The van der Waals surface area contributed by atoms with Crippen LogP contribution in [-0.4, -0.2) is 74.0 Å². The molecule has 2 aliphatic rings. The number of carbonyl (C=O) groups excluding carboxylic acids is 2. The van der Waals surface area contributed by atoms with Crippen molar-refractivity contribution in [2.45, 2.75) is 50.9 Å². The number of β-lactam (4-membered cyclic amide) rings is 1. The van der Waals surface area contributed by atoms with Crippen LogP contribution < -0.4 is 21.2 Å². The lowest BCUT2D eigenvalue weighted by Crippen LogP contribution is -2.75. The molecule has 200 valence electrons. The molecule has 7 N–H and O–H groups in total. The number of nitrogens with one attached hydrogen (secondary N) is 2. The number of amidine groups is 1. The summed E-state index contributed by atoms with van der Waals surface area (Å²) in [5, 5.41) is 25.4. The molecule has 3 atom stereocenters. The second-order valence-corrected chi connectivity index (χ2v) is 9.74. The van der Waals surface area contributed by atoms with E-state index in [1.54, 1.807) is 13.8 Å². The molecule has 1 saturated heterocycles. The molecule has 0 aliphatic carbocycles. The fourth-order valence-corrected chi connectivity index (χ4v) is 3.92. The zero-order valence-corrected chi connectivity index (χ0v) is 21.0. The minimum absolute atomic E-state index is 0.154. The highest BCUT2D eigenvalue weighted by molar-refractivity contribution is 7.98. The van der Waals surface area contributed by atoms with Crippen molar-refractivity contribution in [1.29, 1.82) is 0 Å². The molecule has 3 unspecified atom stereocenters. The van der Waals surface area contributed by atoms with Gasteiger partial charge in [0.1, 0.15) is 17.4 Å². The van der Waals surface area contributed by atoms with Gasteiger partial charge in [0.25, 0.3) is 5.91 Å². The van der Waals surface area contributed by atoms with Crippen LogP contribution in [0.5, 0.6) is 5.75 Å². The summed E-state index contributed by atoms with van der Waals surface area (Å²) in [7, 11) is -4.74. The number of carbonyl (C=O) groups is 2. The Morgan fingerprint density at radius 3 is 2.58 bits per heavy atom. The van der Waals surface area contributed by atoms with E-state index in [1.165, 1.54) is 25.8 Å². The molecule has 0 aromatic carbocycles. The summed E-state index contributed by atoms with van der Waals surface area (Å²) in [6.07, 6.45) is 0.517. The standard InChI is InChI=1S/C11H15N5O4S.C6H10N2O6S/c1-5(10-13-11(12)21-15-10)14-20-6(2)7-3-8(17)9(18)4-16(7)19;1-6(2)4(7-3-9)5(10)8(6)14-15(11,12)13/h3-4,6,11,18-19H,12H2,1-2H3,(H,13,15);3-4H,1-2H3,(H,7,9)(H,11,12,13)/b14-5+;. The zero-order chi connectivity index (χ0) is 27.4. The average molecular weight is 552 g/mol. The van der Waals surface area contributed by atoms with Crippen LogP contribution in [0, 0.1) is 0 Å². The Hall–Kier alpha value is -3.39. The van der Waals surface area contributed by atoms with Gasteiger partial charge in [0, 0.05) is 6.07 Å². The second kappa shape index (κ2) is 11.1. The minimum atomic E-state index is -4.74. The number of hydrogen-bond donors (Lipinski definition) is 6. The number of amides is 2. The molecule has 0 spiro atoms. The Balaban J connectivity index is 0.000000269. The van der Waals surface area contributed by atoms with Gasteiger partial charge in [-0.1, -0.05) is 5.16 Å². The van der Waals surface area contributed by atoms with Crippen molar-refractivity contribution in [2.24, 2.45) is 15.9 Å². The first kappa shape index (κ1) is 28.8. The summed E-state index contributed by atoms with van der Waals surface area (Å²) in [6, 6.07) is 0.207. The fraction of sp³-hybridized carbons (Fsp3) is 0.471. The molecule has 3 heterocycles. The zero-order valence-electron chi connectivity index (χ0n) is 19.3. The summed E-state index contributed by atoms with van der Waals surface area (Å²) in [5.74, 6) is -0.792. The smallest absolute Gasteiger partial charge is 0.418 e. The van der Waals surface area contributed by atoms with Crippen LogP contribution in [0.2, 0.25) is 0 Å². The van der Waals surface area contributed by atoms with Gasteiger partial charge in [-0.2, -0.15) is 18.2 Å². The van der Waals surface area contributed by atoms with Gasteiger partial charge in [-0.15, -0.1) is 4.28 Å². The molecule has 2 amide bonds. The first-order valence-corrected chi connectivity index (χ1v) is 12.1. The summed E-state index contributed by atoms with van der Waals surface area (Å²) in [6.45, 7) is 6.22. The Morgan fingerprint density at radius 2 is 2.08 bits per heavy atom. The van der Waals surface area contributed by atoms with Crippen LogP contribution in [0.15, 0.2) is 27.2 Å². The van der Waals surface area contributed by atoms with Gasteiger partial charge in [0.05, 0.1) is 11.7 Å². The number of nitrogens with zero attached hydrogens (tertiary/aromatic N) is 4. The van der Waals surface area contributed by atoms with Gasteiger partial charge >= 0.3 is 10.4 Å². The molecule has 2 aliphatic heterocycles. The predicted molar refractivity (Wildman–Crippen MR) is 125 cm³/mol. The predicted octanol–water partition coefficient (Wildman–Crippen LogP) is -1.41. The van der Waals surface area contributed by atoms with Crippen molar-refractivity contribution in [3.63, 3.8) is 0 Å². The quantitative estimate of drug-likeness (QED) is 0.0414.